The molecule has 0 radical (unpaired) electrons. The molecule has 2 aromatic rings. The van der Waals surface area contributed by atoms with Gasteiger partial charge in [-0.25, -0.2) is 0 Å². The number of likely N-dealkylation sites (N-methyl/N-ethyl adjacent to an activating group) is 1. The number of amides is 1. The molecule has 2 aromatic carbocycles. The van der Waals surface area contributed by atoms with Crippen molar-refractivity contribution in [2.24, 2.45) is 0 Å². The number of carbonyl (C=O) groups excluding carboxylic acids is 1. The van der Waals surface area contributed by atoms with E-state index in [0.717, 1.165) is 23.6 Å². The Labute approximate surface area is 112 Å². The summed E-state index contributed by atoms with van der Waals surface area (Å²) in [6.07, 6.45) is 1.30. The van der Waals surface area contributed by atoms with E-state index in [-0.39, 0.29) is 18.1 Å². The molecular weight excluding hydrogens is 238 g/mol. The molecule has 2 atom stereocenters. The average molecular weight is 255 g/mol. The average Bonchev–Trinajstić information content (AvgIpc) is 2.44. The van der Waals surface area contributed by atoms with Gasteiger partial charge in [0.05, 0.1) is 12.1 Å². The summed E-state index contributed by atoms with van der Waals surface area (Å²) in [4.78, 5) is 14.2. The zero-order valence-corrected chi connectivity index (χ0v) is 10.9. The summed E-state index contributed by atoms with van der Waals surface area (Å²) in [5.74, 6) is -0.0134. The first-order chi connectivity index (χ1) is 9.18. The fraction of sp³-hybridized carbons (Fsp3) is 0.312. The fourth-order valence-electron chi connectivity index (χ4n) is 2.67. The van der Waals surface area contributed by atoms with Crippen LogP contribution in [0.5, 0.6) is 0 Å². The molecule has 0 aromatic heterocycles. The van der Waals surface area contributed by atoms with Crippen molar-refractivity contribution in [3.05, 3.63) is 48.0 Å². The molecule has 0 heterocycles. The molecule has 3 heteroatoms. The largest absolute Gasteiger partial charge is 0.391 e. The van der Waals surface area contributed by atoms with E-state index in [1.807, 2.05) is 42.5 Å². The number of benzene rings is 2. The van der Waals surface area contributed by atoms with Gasteiger partial charge >= 0.3 is 0 Å². The zero-order chi connectivity index (χ0) is 13.4. The number of nitrogens with zero attached hydrogens (tertiary/aromatic N) is 1. The molecule has 1 fully saturated rings. The van der Waals surface area contributed by atoms with Crippen LogP contribution < -0.4 is 0 Å². The smallest absolute Gasteiger partial charge is 0.254 e. The Morgan fingerprint density at radius 2 is 1.89 bits per heavy atom. The summed E-state index contributed by atoms with van der Waals surface area (Å²) in [6.45, 7) is 0. The van der Waals surface area contributed by atoms with Crippen LogP contribution >= 0.6 is 0 Å². The second-order valence-electron chi connectivity index (χ2n) is 5.15. The Hall–Kier alpha value is -1.87. The van der Waals surface area contributed by atoms with Crippen LogP contribution in [0.2, 0.25) is 0 Å². The van der Waals surface area contributed by atoms with E-state index in [9.17, 15) is 9.90 Å². The number of rotatable bonds is 2. The maximum atomic E-state index is 12.6. The third kappa shape index (κ3) is 2.00. The van der Waals surface area contributed by atoms with Gasteiger partial charge in [0, 0.05) is 12.6 Å². The van der Waals surface area contributed by atoms with Gasteiger partial charge in [-0.1, -0.05) is 36.4 Å². The first-order valence-electron chi connectivity index (χ1n) is 6.61. The Morgan fingerprint density at radius 1 is 1.16 bits per heavy atom. The molecule has 0 saturated heterocycles. The highest BCUT2D eigenvalue weighted by Gasteiger charge is 2.35. The van der Waals surface area contributed by atoms with Crippen LogP contribution in [-0.2, 0) is 0 Å². The van der Waals surface area contributed by atoms with Crippen molar-refractivity contribution < 1.29 is 9.90 Å². The second-order valence-corrected chi connectivity index (χ2v) is 5.15. The van der Waals surface area contributed by atoms with Crippen molar-refractivity contribution in [1.82, 2.24) is 4.90 Å². The van der Waals surface area contributed by atoms with E-state index in [2.05, 4.69) is 0 Å². The molecule has 2 unspecified atom stereocenters. The van der Waals surface area contributed by atoms with Gasteiger partial charge in [0.25, 0.3) is 5.91 Å². The summed E-state index contributed by atoms with van der Waals surface area (Å²) in [7, 11) is 1.77. The lowest BCUT2D eigenvalue weighted by molar-refractivity contribution is -0.00482. The molecule has 0 bridgehead atoms. The molecule has 1 N–H and O–H groups in total. The van der Waals surface area contributed by atoms with Crippen molar-refractivity contribution in [2.45, 2.75) is 25.0 Å². The van der Waals surface area contributed by atoms with Gasteiger partial charge in [-0.3, -0.25) is 4.79 Å². The van der Waals surface area contributed by atoms with E-state index in [0.29, 0.717) is 5.56 Å². The zero-order valence-electron chi connectivity index (χ0n) is 10.9. The van der Waals surface area contributed by atoms with Gasteiger partial charge in [0.1, 0.15) is 0 Å². The van der Waals surface area contributed by atoms with Gasteiger partial charge in [0.15, 0.2) is 0 Å². The predicted octanol–water partition coefficient (Wildman–Crippen LogP) is 2.44. The highest BCUT2D eigenvalue weighted by Crippen LogP contribution is 2.27. The molecule has 0 aliphatic heterocycles. The number of fused-ring (bicyclic) bond motifs is 1. The summed E-state index contributed by atoms with van der Waals surface area (Å²) >= 11 is 0. The number of aliphatic hydroxyl groups is 1. The van der Waals surface area contributed by atoms with Crippen molar-refractivity contribution in [3.8, 4) is 0 Å². The second kappa shape index (κ2) is 4.67. The van der Waals surface area contributed by atoms with Crippen molar-refractivity contribution >= 4 is 16.7 Å². The Bertz CT molecular complexity index is 618. The molecule has 0 spiro atoms. The summed E-state index contributed by atoms with van der Waals surface area (Å²) in [5, 5.41) is 11.7. The molecule has 3 nitrogen and oxygen atoms in total. The number of aliphatic hydroxyl groups excluding tert-OH is 1. The monoisotopic (exact) mass is 255 g/mol. The molecule has 1 saturated carbocycles. The maximum Gasteiger partial charge on any atom is 0.254 e. The van der Waals surface area contributed by atoms with E-state index in [4.69, 9.17) is 0 Å². The van der Waals surface area contributed by atoms with E-state index in [1.54, 1.807) is 11.9 Å². The van der Waals surface area contributed by atoms with E-state index >= 15 is 0 Å². The molecule has 1 amide bonds. The topological polar surface area (TPSA) is 40.5 Å². The molecule has 1 aliphatic rings. The summed E-state index contributed by atoms with van der Waals surface area (Å²) in [6, 6.07) is 13.6. The first-order valence-corrected chi connectivity index (χ1v) is 6.61. The first kappa shape index (κ1) is 12.2. The summed E-state index contributed by atoms with van der Waals surface area (Å²) < 4.78 is 0. The predicted molar refractivity (Wildman–Crippen MR) is 75.1 cm³/mol. The Morgan fingerprint density at radius 3 is 2.58 bits per heavy atom. The van der Waals surface area contributed by atoms with Crippen LogP contribution in [0.25, 0.3) is 10.8 Å². The van der Waals surface area contributed by atoms with Crippen molar-refractivity contribution in [3.63, 3.8) is 0 Å². The van der Waals surface area contributed by atoms with Gasteiger partial charge in [-0.15, -0.1) is 0 Å². The lowest BCUT2D eigenvalue weighted by atomic mass is 9.87. The highest BCUT2D eigenvalue weighted by molar-refractivity contribution is 6.07. The van der Waals surface area contributed by atoms with Crippen LogP contribution in [0.1, 0.15) is 23.2 Å². The van der Waals surface area contributed by atoms with Gasteiger partial charge < -0.3 is 10.0 Å². The molecular formula is C16H17NO2. The van der Waals surface area contributed by atoms with Gasteiger partial charge in [-0.2, -0.15) is 0 Å². The van der Waals surface area contributed by atoms with E-state index < -0.39 is 0 Å². The normalized spacial score (nSPS) is 22.0. The lowest BCUT2D eigenvalue weighted by Gasteiger charge is -2.39. The lowest BCUT2D eigenvalue weighted by Crippen LogP contribution is -2.51. The SMILES string of the molecule is CN(C(=O)c1cccc2ccccc12)C1CCC1O. The van der Waals surface area contributed by atoms with Crippen LogP contribution in [-0.4, -0.2) is 35.1 Å². The quantitative estimate of drug-likeness (QED) is 0.895. The van der Waals surface area contributed by atoms with Crippen LogP contribution in [0.3, 0.4) is 0 Å². The third-order valence-corrected chi connectivity index (χ3v) is 4.04. The third-order valence-electron chi connectivity index (χ3n) is 4.04. The minimum absolute atomic E-state index is 0.0134. The van der Waals surface area contributed by atoms with Crippen LogP contribution in [0.4, 0.5) is 0 Å². The minimum Gasteiger partial charge on any atom is -0.391 e. The van der Waals surface area contributed by atoms with Crippen LogP contribution in [0.15, 0.2) is 42.5 Å². The molecule has 19 heavy (non-hydrogen) atoms. The Balaban J connectivity index is 1.97. The Kier molecular flexibility index (Phi) is 2.99. The maximum absolute atomic E-state index is 12.6. The summed E-state index contributed by atoms with van der Waals surface area (Å²) in [5.41, 5.74) is 0.708. The number of carbonyl (C=O) groups is 1. The van der Waals surface area contributed by atoms with E-state index in [1.165, 1.54) is 0 Å². The van der Waals surface area contributed by atoms with Crippen LogP contribution in [0, 0.1) is 0 Å². The van der Waals surface area contributed by atoms with Gasteiger partial charge in [-0.05, 0) is 29.7 Å². The van der Waals surface area contributed by atoms with Gasteiger partial charge in [0.2, 0.25) is 0 Å². The standard InChI is InChI=1S/C16H17NO2/c1-17(14-9-10-15(14)18)16(19)13-8-4-6-11-5-2-3-7-12(11)13/h2-8,14-15,18H,9-10H2,1H3. The molecule has 1 aliphatic carbocycles. The molecule has 98 valence electrons. The molecule has 3 rings (SSSR count). The number of hydrogen-bond donors (Lipinski definition) is 1. The fourth-order valence-corrected chi connectivity index (χ4v) is 2.67. The highest BCUT2D eigenvalue weighted by atomic mass is 16.3. The minimum atomic E-state index is -0.371. The number of hydrogen-bond acceptors (Lipinski definition) is 2. The van der Waals surface area contributed by atoms with Crippen molar-refractivity contribution in [1.29, 1.82) is 0 Å². The van der Waals surface area contributed by atoms with Crippen molar-refractivity contribution in [2.75, 3.05) is 7.05 Å².